The molecule has 0 aliphatic carbocycles. The Bertz CT molecular complexity index is 390. The van der Waals surface area contributed by atoms with Gasteiger partial charge in [-0.05, 0) is 0 Å². The first-order chi connectivity index (χ1) is 6.54. The van der Waals surface area contributed by atoms with E-state index in [2.05, 4.69) is 0 Å². The summed E-state index contributed by atoms with van der Waals surface area (Å²) in [5, 5.41) is -0.0790. The molecule has 0 unspecified atom stereocenters. The molecule has 0 saturated heterocycles. The number of hydrogen-bond acceptors (Lipinski definition) is 3. The number of rotatable bonds is 2. The molecule has 7 heteroatoms. The molecule has 0 bridgehead atoms. The van der Waals surface area contributed by atoms with E-state index in [0.29, 0.717) is 0 Å². The Morgan fingerprint density at radius 3 is 2.36 bits per heavy atom. The molecule has 0 aliphatic rings. The van der Waals surface area contributed by atoms with Crippen LogP contribution in [0.25, 0.3) is 0 Å². The maximum Gasteiger partial charge on any atom is 0.253 e. The first-order valence-electron chi connectivity index (χ1n) is 3.59. The van der Waals surface area contributed by atoms with Crippen LogP contribution in [0.3, 0.4) is 0 Å². The minimum Gasteiger partial charge on any atom is -0.342 e. The van der Waals surface area contributed by atoms with Crippen LogP contribution in [-0.4, -0.2) is 10.5 Å². The summed E-state index contributed by atoms with van der Waals surface area (Å²) in [6.45, 7) is -0.0454. The van der Waals surface area contributed by atoms with Crippen LogP contribution < -0.4 is 16.7 Å². The second kappa shape index (κ2) is 4.45. The van der Waals surface area contributed by atoms with Crippen molar-refractivity contribution < 1.29 is 4.79 Å². The summed E-state index contributed by atoms with van der Waals surface area (Å²) in [5.74, 6) is 4.47. The lowest BCUT2D eigenvalue weighted by Gasteiger charge is -2.05. The zero-order valence-electron chi connectivity index (χ0n) is 6.96. The fourth-order valence-electron chi connectivity index (χ4n) is 0.863. The van der Waals surface area contributed by atoms with Crippen molar-refractivity contribution in [2.45, 2.75) is 6.54 Å². The van der Waals surface area contributed by atoms with E-state index >= 15 is 0 Å². The van der Waals surface area contributed by atoms with Gasteiger partial charge >= 0.3 is 0 Å². The van der Waals surface area contributed by atoms with Gasteiger partial charge in [0.05, 0.1) is 0 Å². The fraction of sp³-hybridized carbons (Fsp3) is 0.143. The quantitative estimate of drug-likeness (QED) is 0.435. The molecule has 5 nitrogen and oxygen atoms in total. The predicted octanol–water partition coefficient (Wildman–Crippen LogP) is 0.145. The normalized spacial score (nSPS) is 9.93. The van der Waals surface area contributed by atoms with Crippen molar-refractivity contribution in [3.05, 3.63) is 32.7 Å². The first-order valence-corrected chi connectivity index (χ1v) is 4.34. The minimum absolute atomic E-state index is 0.0395. The summed E-state index contributed by atoms with van der Waals surface area (Å²) in [7, 11) is 0. The summed E-state index contributed by atoms with van der Waals surface area (Å²) in [5.41, 5.74) is 1.48. The van der Waals surface area contributed by atoms with Crippen molar-refractivity contribution in [3.8, 4) is 0 Å². The molecule has 1 heterocycles. The average molecular weight is 236 g/mol. The molecule has 0 spiro atoms. The zero-order valence-corrected chi connectivity index (χ0v) is 8.47. The summed E-state index contributed by atoms with van der Waals surface area (Å²) in [6.07, 6.45) is 2.62. The molecule has 0 atom stereocenters. The Morgan fingerprint density at radius 1 is 1.43 bits per heavy atom. The lowest BCUT2D eigenvalue weighted by Crippen LogP contribution is -2.33. The molecular weight excluding hydrogens is 229 g/mol. The molecular formula is C7H7Cl2N3O2. The van der Waals surface area contributed by atoms with E-state index in [1.54, 1.807) is 0 Å². The molecule has 0 aromatic carbocycles. The number of hydrogen-bond donors (Lipinski definition) is 2. The van der Waals surface area contributed by atoms with Gasteiger partial charge in [0.1, 0.15) is 16.6 Å². The molecule has 1 amide bonds. The van der Waals surface area contributed by atoms with Crippen LogP contribution in [0.2, 0.25) is 10.0 Å². The number of carbonyl (C=O) groups is 1. The monoisotopic (exact) mass is 235 g/mol. The number of aromatic nitrogens is 1. The van der Waals surface area contributed by atoms with Crippen molar-refractivity contribution >= 4 is 29.1 Å². The Labute approximate surface area is 89.4 Å². The van der Waals surface area contributed by atoms with Crippen molar-refractivity contribution in [1.82, 2.24) is 9.99 Å². The number of carbonyl (C=O) groups excluding carboxylic acids is 1. The number of amides is 1. The molecule has 0 fully saturated rings. The summed E-state index contributed by atoms with van der Waals surface area (Å²) >= 11 is 11.1. The summed E-state index contributed by atoms with van der Waals surface area (Å²) < 4.78 is 1.37. The van der Waals surface area contributed by atoms with Crippen LogP contribution >= 0.6 is 23.2 Å². The van der Waals surface area contributed by atoms with Gasteiger partial charge in [0.25, 0.3) is 5.91 Å². The maximum atomic E-state index is 11.1. The first kappa shape index (κ1) is 11.0. The van der Waals surface area contributed by atoms with Crippen LogP contribution in [-0.2, 0) is 11.3 Å². The van der Waals surface area contributed by atoms with Gasteiger partial charge in [-0.3, -0.25) is 15.0 Å². The fourth-order valence-corrected chi connectivity index (χ4v) is 1.37. The number of nitrogens with zero attached hydrogens (tertiary/aromatic N) is 1. The Balaban J connectivity index is 3.01. The van der Waals surface area contributed by atoms with Gasteiger partial charge in [0.15, 0.2) is 0 Å². The second-order valence-electron chi connectivity index (χ2n) is 2.52. The van der Waals surface area contributed by atoms with Crippen molar-refractivity contribution in [1.29, 1.82) is 0 Å². The highest BCUT2D eigenvalue weighted by Crippen LogP contribution is 2.07. The number of halogens is 2. The standard InChI is InChI=1S/C7H7Cl2N3O2/c8-4-1-12(3-6(13)11-10)2-5(9)7(4)14/h1-2H,3,10H2,(H,11,13). The number of nitrogens with one attached hydrogen (secondary N) is 1. The average Bonchev–Trinajstić information content (AvgIpc) is 2.14. The molecule has 3 N–H and O–H groups in total. The number of nitrogens with two attached hydrogens (primary N) is 1. The van der Waals surface area contributed by atoms with Gasteiger partial charge in [-0.2, -0.15) is 0 Å². The second-order valence-corrected chi connectivity index (χ2v) is 3.34. The highest BCUT2D eigenvalue weighted by molar-refractivity contribution is 6.34. The van der Waals surface area contributed by atoms with Gasteiger partial charge in [0, 0.05) is 12.4 Å². The van der Waals surface area contributed by atoms with Gasteiger partial charge in [-0.25, -0.2) is 5.84 Å². The molecule has 0 saturated carbocycles. The maximum absolute atomic E-state index is 11.1. The van der Waals surface area contributed by atoms with Crippen molar-refractivity contribution in [2.24, 2.45) is 5.84 Å². The van der Waals surface area contributed by atoms with Crippen molar-refractivity contribution in [3.63, 3.8) is 0 Å². The third kappa shape index (κ3) is 2.47. The van der Waals surface area contributed by atoms with E-state index in [9.17, 15) is 9.59 Å². The van der Waals surface area contributed by atoms with E-state index in [4.69, 9.17) is 29.0 Å². The van der Waals surface area contributed by atoms with Gasteiger partial charge in [-0.1, -0.05) is 23.2 Å². The van der Waals surface area contributed by atoms with Gasteiger partial charge in [-0.15, -0.1) is 0 Å². The Kier molecular flexibility index (Phi) is 3.51. The summed E-state index contributed by atoms with van der Waals surface area (Å²) in [4.78, 5) is 21.9. The lowest BCUT2D eigenvalue weighted by molar-refractivity contribution is -0.121. The highest BCUT2D eigenvalue weighted by atomic mass is 35.5. The molecule has 0 radical (unpaired) electrons. The smallest absolute Gasteiger partial charge is 0.253 e. The van der Waals surface area contributed by atoms with E-state index < -0.39 is 11.3 Å². The molecule has 1 aromatic heterocycles. The van der Waals surface area contributed by atoms with E-state index in [-0.39, 0.29) is 16.6 Å². The van der Waals surface area contributed by atoms with Crippen LogP contribution in [0, 0.1) is 0 Å². The van der Waals surface area contributed by atoms with Crippen LogP contribution in [0.1, 0.15) is 0 Å². The minimum atomic E-state index is -0.460. The van der Waals surface area contributed by atoms with Crippen LogP contribution in [0.4, 0.5) is 0 Å². The molecule has 14 heavy (non-hydrogen) atoms. The van der Waals surface area contributed by atoms with E-state index in [1.807, 2.05) is 5.43 Å². The van der Waals surface area contributed by atoms with Gasteiger partial charge in [0.2, 0.25) is 5.43 Å². The van der Waals surface area contributed by atoms with Gasteiger partial charge < -0.3 is 4.57 Å². The van der Waals surface area contributed by atoms with Crippen molar-refractivity contribution in [2.75, 3.05) is 0 Å². The van der Waals surface area contributed by atoms with E-state index in [1.165, 1.54) is 17.0 Å². The molecule has 0 aliphatic heterocycles. The third-order valence-corrected chi connectivity index (χ3v) is 2.02. The Morgan fingerprint density at radius 2 is 1.93 bits per heavy atom. The predicted molar refractivity (Wildman–Crippen MR) is 53.1 cm³/mol. The molecule has 1 rings (SSSR count). The number of hydrazine groups is 1. The highest BCUT2D eigenvalue weighted by Gasteiger charge is 2.05. The Hall–Kier alpha value is -1.04. The topological polar surface area (TPSA) is 77.1 Å². The SMILES string of the molecule is NNC(=O)Cn1cc(Cl)c(=O)c(Cl)c1. The largest absolute Gasteiger partial charge is 0.342 e. The van der Waals surface area contributed by atoms with Crippen LogP contribution in [0.5, 0.6) is 0 Å². The lowest BCUT2D eigenvalue weighted by atomic mass is 10.4. The molecule has 76 valence electrons. The van der Waals surface area contributed by atoms with E-state index in [0.717, 1.165) is 0 Å². The zero-order chi connectivity index (χ0) is 10.7. The summed E-state index contributed by atoms with van der Waals surface area (Å²) in [6, 6.07) is 0. The number of pyridine rings is 1. The van der Waals surface area contributed by atoms with Crippen LogP contribution in [0.15, 0.2) is 17.2 Å². The molecule has 1 aromatic rings. The third-order valence-electron chi connectivity index (χ3n) is 1.48.